The lowest BCUT2D eigenvalue weighted by atomic mass is 10.1. The van der Waals surface area contributed by atoms with Gasteiger partial charge in [-0.15, -0.1) is 0 Å². The van der Waals surface area contributed by atoms with Crippen molar-refractivity contribution in [3.8, 4) is 6.07 Å². The molecule has 0 N–H and O–H groups in total. The van der Waals surface area contributed by atoms with Crippen LogP contribution < -0.4 is 0 Å². The van der Waals surface area contributed by atoms with Crippen molar-refractivity contribution in [3.63, 3.8) is 0 Å². The number of rotatable bonds is 5. The van der Waals surface area contributed by atoms with E-state index in [-0.39, 0.29) is 18.0 Å². The summed E-state index contributed by atoms with van der Waals surface area (Å²) in [5.74, 6) is 0.0594. The van der Waals surface area contributed by atoms with Gasteiger partial charge in [-0.1, -0.05) is 13.3 Å². The molecule has 114 valence electrons. The fourth-order valence-electron chi connectivity index (χ4n) is 2.65. The molecule has 7 nitrogen and oxygen atoms in total. The van der Waals surface area contributed by atoms with Gasteiger partial charge >= 0.3 is 0 Å². The highest BCUT2D eigenvalue weighted by molar-refractivity contribution is 5.80. The zero-order valence-corrected chi connectivity index (χ0v) is 12.6. The molecule has 2 atom stereocenters. The number of piperazine rings is 1. The van der Waals surface area contributed by atoms with Crippen LogP contribution in [0.15, 0.2) is 12.7 Å². The van der Waals surface area contributed by atoms with Crippen LogP contribution in [-0.2, 0) is 4.79 Å². The van der Waals surface area contributed by atoms with E-state index in [0.29, 0.717) is 13.1 Å². The molecule has 2 rings (SSSR count). The fourth-order valence-corrected chi connectivity index (χ4v) is 2.65. The number of carbonyl (C=O) groups is 1. The van der Waals surface area contributed by atoms with Gasteiger partial charge in [0, 0.05) is 26.2 Å². The molecule has 0 radical (unpaired) electrons. The van der Waals surface area contributed by atoms with E-state index in [0.717, 1.165) is 25.9 Å². The molecule has 21 heavy (non-hydrogen) atoms. The minimum Gasteiger partial charge on any atom is -0.338 e. The van der Waals surface area contributed by atoms with E-state index in [1.54, 1.807) is 11.0 Å². The minimum absolute atomic E-state index is 0.0278. The van der Waals surface area contributed by atoms with Crippen LogP contribution in [0.3, 0.4) is 0 Å². The molecular weight excluding hydrogens is 268 g/mol. The smallest absolute Gasteiger partial charge is 0.247 e. The van der Waals surface area contributed by atoms with E-state index in [1.807, 2.05) is 11.8 Å². The summed E-state index contributed by atoms with van der Waals surface area (Å²) in [5.41, 5.74) is 0. The van der Waals surface area contributed by atoms with E-state index >= 15 is 0 Å². The molecule has 2 heterocycles. The Hall–Kier alpha value is -1.94. The summed E-state index contributed by atoms with van der Waals surface area (Å²) in [5, 5.41) is 13.2. The second kappa shape index (κ2) is 7.18. The Morgan fingerprint density at radius 3 is 2.62 bits per heavy atom. The number of nitriles is 1. The van der Waals surface area contributed by atoms with Crippen LogP contribution >= 0.6 is 0 Å². The van der Waals surface area contributed by atoms with Crippen molar-refractivity contribution in [1.29, 1.82) is 5.26 Å². The van der Waals surface area contributed by atoms with Gasteiger partial charge in [0.1, 0.15) is 18.7 Å². The fraction of sp³-hybridized carbons (Fsp3) is 0.714. The molecule has 1 amide bonds. The van der Waals surface area contributed by atoms with E-state index < -0.39 is 0 Å². The quantitative estimate of drug-likeness (QED) is 0.796. The summed E-state index contributed by atoms with van der Waals surface area (Å²) in [4.78, 5) is 20.3. The predicted octanol–water partition coefficient (Wildman–Crippen LogP) is 0.676. The first-order valence-electron chi connectivity index (χ1n) is 7.44. The number of aromatic nitrogens is 3. The highest BCUT2D eigenvalue weighted by Crippen LogP contribution is 2.14. The van der Waals surface area contributed by atoms with Crippen molar-refractivity contribution < 1.29 is 4.79 Å². The van der Waals surface area contributed by atoms with Crippen LogP contribution in [0.1, 0.15) is 32.7 Å². The molecule has 1 aromatic rings. The molecule has 1 aliphatic rings. The Bertz CT molecular complexity index is 486. The first kappa shape index (κ1) is 15.4. The lowest BCUT2D eigenvalue weighted by molar-refractivity contribution is -0.136. The maximum Gasteiger partial charge on any atom is 0.247 e. The molecule has 0 aromatic carbocycles. The average Bonchev–Trinajstić information content (AvgIpc) is 3.06. The minimum atomic E-state index is -0.332. The zero-order valence-electron chi connectivity index (χ0n) is 12.6. The molecule has 1 fully saturated rings. The van der Waals surface area contributed by atoms with Crippen LogP contribution in [0.2, 0.25) is 0 Å². The maximum atomic E-state index is 12.4. The Morgan fingerprint density at radius 2 is 2.10 bits per heavy atom. The zero-order chi connectivity index (χ0) is 15.2. The van der Waals surface area contributed by atoms with E-state index in [2.05, 4.69) is 28.0 Å². The predicted molar refractivity (Wildman–Crippen MR) is 77.2 cm³/mol. The lowest BCUT2D eigenvalue weighted by Gasteiger charge is -2.37. The van der Waals surface area contributed by atoms with Gasteiger partial charge in [-0.25, -0.2) is 9.67 Å². The first-order chi connectivity index (χ1) is 10.2. The molecule has 0 spiro atoms. The molecule has 0 bridgehead atoms. The van der Waals surface area contributed by atoms with E-state index in [4.69, 9.17) is 0 Å². The molecule has 1 aliphatic heterocycles. The Kier molecular flexibility index (Phi) is 5.28. The number of carbonyl (C=O) groups excluding carboxylic acids is 1. The molecule has 0 saturated carbocycles. The van der Waals surface area contributed by atoms with Crippen molar-refractivity contribution in [3.05, 3.63) is 12.7 Å². The van der Waals surface area contributed by atoms with Crippen molar-refractivity contribution in [2.45, 2.75) is 38.8 Å². The van der Waals surface area contributed by atoms with Gasteiger partial charge in [-0.3, -0.25) is 9.69 Å². The van der Waals surface area contributed by atoms with Gasteiger partial charge in [0.05, 0.1) is 12.1 Å². The highest BCUT2D eigenvalue weighted by Gasteiger charge is 2.28. The van der Waals surface area contributed by atoms with Crippen molar-refractivity contribution >= 4 is 5.91 Å². The summed E-state index contributed by atoms with van der Waals surface area (Å²) in [7, 11) is 0. The topological polar surface area (TPSA) is 78.0 Å². The van der Waals surface area contributed by atoms with Crippen LogP contribution in [0.5, 0.6) is 0 Å². The average molecular weight is 290 g/mol. The van der Waals surface area contributed by atoms with Crippen LogP contribution in [0, 0.1) is 11.3 Å². The van der Waals surface area contributed by atoms with Gasteiger partial charge < -0.3 is 4.90 Å². The van der Waals surface area contributed by atoms with Gasteiger partial charge in [0.15, 0.2) is 0 Å². The van der Waals surface area contributed by atoms with Crippen LogP contribution in [0.4, 0.5) is 0 Å². The van der Waals surface area contributed by atoms with Gasteiger partial charge in [0.25, 0.3) is 0 Å². The standard InChI is InChI=1S/C14H22N6O/c1-3-4-13(9-15)18-5-7-19(8-6-18)14(21)12(2)20-11-16-10-17-20/h10-13H,3-8H2,1-2H3. The monoisotopic (exact) mass is 290 g/mol. The number of hydrogen-bond acceptors (Lipinski definition) is 5. The summed E-state index contributed by atoms with van der Waals surface area (Å²) >= 11 is 0. The summed E-state index contributed by atoms with van der Waals surface area (Å²) in [6.45, 7) is 6.77. The van der Waals surface area contributed by atoms with Gasteiger partial charge in [-0.05, 0) is 13.3 Å². The third kappa shape index (κ3) is 3.58. The van der Waals surface area contributed by atoms with Crippen LogP contribution in [-0.4, -0.2) is 62.7 Å². The van der Waals surface area contributed by atoms with Crippen molar-refractivity contribution in [1.82, 2.24) is 24.6 Å². The van der Waals surface area contributed by atoms with Crippen molar-refractivity contribution in [2.24, 2.45) is 0 Å². The molecule has 1 aromatic heterocycles. The molecule has 0 aliphatic carbocycles. The van der Waals surface area contributed by atoms with Crippen LogP contribution in [0.25, 0.3) is 0 Å². The lowest BCUT2D eigenvalue weighted by Crippen LogP contribution is -2.52. The molecule has 1 saturated heterocycles. The van der Waals surface area contributed by atoms with Gasteiger partial charge in [0.2, 0.25) is 5.91 Å². The summed E-state index contributed by atoms with van der Waals surface area (Å²) in [6.07, 6.45) is 4.89. The second-order valence-electron chi connectivity index (χ2n) is 5.35. The second-order valence-corrected chi connectivity index (χ2v) is 5.35. The molecule has 2 unspecified atom stereocenters. The number of hydrogen-bond donors (Lipinski definition) is 0. The molecular formula is C14H22N6O. The van der Waals surface area contributed by atoms with E-state index in [9.17, 15) is 10.1 Å². The Labute approximate surface area is 125 Å². The maximum absolute atomic E-state index is 12.4. The third-order valence-electron chi connectivity index (χ3n) is 3.97. The first-order valence-corrected chi connectivity index (χ1v) is 7.44. The third-order valence-corrected chi connectivity index (χ3v) is 3.97. The van der Waals surface area contributed by atoms with Crippen molar-refractivity contribution in [2.75, 3.05) is 26.2 Å². The Morgan fingerprint density at radius 1 is 1.38 bits per heavy atom. The number of nitrogens with zero attached hydrogens (tertiary/aromatic N) is 6. The SMILES string of the molecule is CCCC(C#N)N1CCN(C(=O)C(C)n2cncn2)CC1. The normalized spacial score (nSPS) is 19.0. The molecule has 7 heteroatoms. The summed E-state index contributed by atoms with van der Waals surface area (Å²) in [6, 6.07) is 2.00. The van der Waals surface area contributed by atoms with E-state index in [1.165, 1.54) is 6.33 Å². The summed E-state index contributed by atoms with van der Waals surface area (Å²) < 4.78 is 1.57. The highest BCUT2D eigenvalue weighted by atomic mass is 16.2. The van der Waals surface area contributed by atoms with Gasteiger partial charge in [-0.2, -0.15) is 10.4 Å². The Balaban J connectivity index is 1.89. The largest absolute Gasteiger partial charge is 0.338 e. The number of amides is 1.